The van der Waals surface area contributed by atoms with E-state index in [9.17, 15) is 19.5 Å². The molecule has 2 heterocycles. The first-order valence-corrected chi connectivity index (χ1v) is 16.0. The number of aromatic carboxylic acids is 1. The van der Waals surface area contributed by atoms with Crippen LogP contribution >= 0.6 is 0 Å². The zero-order chi connectivity index (χ0) is 33.1. The number of rotatable bonds is 9. The molecule has 5 aromatic rings. The number of carbonyl (C=O) groups excluding carboxylic acids is 2. The van der Waals surface area contributed by atoms with Crippen LogP contribution in [0.2, 0.25) is 0 Å². The number of ether oxygens (including phenoxy) is 1. The largest absolute Gasteiger partial charge is 0.478 e. The Morgan fingerprint density at radius 3 is 2.38 bits per heavy atom. The molecule has 1 aliphatic heterocycles. The maximum Gasteiger partial charge on any atom is 0.410 e. The molecule has 8 nitrogen and oxygen atoms in total. The number of nitrogens with zero attached hydrogens (tertiary/aromatic N) is 2. The van der Waals surface area contributed by atoms with Crippen molar-refractivity contribution in [3.05, 3.63) is 131 Å². The third-order valence-electron chi connectivity index (χ3n) is 9.42. The fourth-order valence-corrected chi connectivity index (χ4v) is 6.47. The van der Waals surface area contributed by atoms with Gasteiger partial charge in [0.2, 0.25) is 0 Å². The van der Waals surface area contributed by atoms with Crippen molar-refractivity contribution in [2.75, 3.05) is 13.1 Å². The molecule has 0 aliphatic carbocycles. The van der Waals surface area contributed by atoms with Gasteiger partial charge in [0.25, 0.3) is 5.91 Å². The molecule has 2 amide bonds. The van der Waals surface area contributed by atoms with E-state index in [2.05, 4.69) is 23.7 Å². The molecule has 0 spiro atoms. The minimum Gasteiger partial charge on any atom is -0.478 e. The third-order valence-corrected chi connectivity index (χ3v) is 9.42. The predicted octanol–water partition coefficient (Wildman–Crippen LogP) is 7.45. The molecule has 240 valence electrons. The first-order chi connectivity index (χ1) is 22.7. The Labute approximate surface area is 274 Å². The van der Waals surface area contributed by atoms with Crippen LogP contribution in [0.5, 0.6) is 0 Å². The summed E-state index contributed by atoms with van der Waals surface area (Å²) in [7, 11) is 0. The molecule has 2 atom stereocenters. The minimum absolute atomic E-state index is 0.108. The molecule has 1 fully saturated rings. The van der Waals surface area contributed by atoms with Crippen LogP contribution in [0.4, 0.5) is 4.79 Å². The second-order valence-electron chi connectivity index (χ2n) is 12.4. The number of carboxylic acids is 1. The summed E-state index contributed by atoms with van der Waals surface area (Å²) in [5, 5.41) is 13.8. The first kappa shape index (κ1) is 31.6. The van der Waals surface area contributed by atoms with Gasteiger partial charge in [-0.05, 0) is 85.2 Å². The summed E-state index contributed by atoms with van der Waals surface area (Å²) in [5.41, 5.74) is 7.76. The highest BCUT2D eigenvalue weighted by Crippen LogP contribution is 2.29. The minimum atomic E-state index is -0.945. The van der Waals surface area contributed by atoms with E-state index in [1.54, 1.807) is 17.0 Å². The number of hydrogen-bond donors (Lipinski definition) is 2. The van der Waals surface area contributed by atoms with Gasteiger partial charge in [-0.25, -0.2) is 9.59 Å². The van der Waals surface area contributed by atoms with E-state index in [4.69, 9.17) is 4.74 Å². The average Bonchev–Trinajstić information content (AvgIpc) is 3.68. The molecule has 4 aromatic carbocycles. The number of amides is 2. The van der Waals surface area contributed by atoms with Gasteiger partial charge in [0, 0.05) is 47.8 Å². The number of hydrogen-bond acceptors (Lipinski definition) is 4. The van der Waals surface area contributed by atoms with Gasteiger partial charge in [0.15, 0.2) is 0 Å². The van der Waals surface area contributed by atoms with Crippen LogP contribution in [-0.4, -0.2) is 51.7 Å². The summed E-state index contributed by atoms with van der Waals surface area (Å²) in [6.45, 7) is 8.20. The molecular weight excluding hydrogens is 590 g/mol. The number of likely N-dealkylation sites (tertiary alicyclic amines) is 1. The van der Waals surface area contributed by atoms with Crippen LogP contribution in [-0.2, 0) is 17.9 Å². The lowest BCUT2D eigenvalue weighted by Crippen LogP contribution is -2.40. The van der Waals surface area contributed by atoms with Crippen molar-refractivity contribution in [1.82, 2.24) is 14.8 Å². The van der Waals surface area contributed by atoms with Crippen LogP contribution in [0.15, 0.2) is 97.1 Å². The van der Waals surface area contributed by atoms with Gasteiger partial charge in [-0.2, -0.15) is 0 Å². The standard InChI is InChI=1S/C39H39N3O5/c1-25-27(3)42(22-28-13-15-30(16-14-28)33-11-7-8-12-34(33)38(44)45)36-18-17-31(21-35(25)36)37(43)40-26(2)32-19-20-41(23-32)39(46)47-24-29-9-5-4-6-10-29/h4-18,21,26,32H,19-20,22-24H2,1-3H3,(H,40,43)(H,44,45). The number of carboxylic acid groups (broad SMARTS) is 1. The van der Waals surface area contributed by atoms with Crippen molar-refractivity contribution >= 4 is 28.9 Å². The Morgan fingerprint density at radius 2 is 1.64 bits per heavy atom. The van der Waals surface area contributed by atoms with Crippen molar-refractivity contribution in [1.29, 1.82) is 0 Å². The van der Waals surface area contributed by atoms with E-state index in [0.29, 0.717) is 30.8 Å². The van der Waals surface area contributed by atoms with Crippen molar-refractivity contribution in [2.45, 2.75) is 46.4 Å². The van der Waals surface area contributed by atoms with Gasteiger partial charge in [-0.3, -0.25) is 4.79 Å². The van der Waals surface area contributed by atoms with Crippen LogP contribution in [0.25, 0.3) is 22.0 Å². The second kappa shape index (κ2) is 13.5. The lowest BCUT2D eigenvalue weighted by Gasteiger charge is -2.21. The number of fused-ring (bicyclic) bond motifs is 1. The Hall–Kier alpha value is -5.37. The van der Waals surface area contributed by atoms with E-state index in [1.807, 2.05) is 91.9 Å². The van der Waals surface area contributed by atoms with E-state index in [-0.39, 0.29) is 36.1 Å². The lowest BCUT2D eigenvalue weighted by molar-refractivity contribution is 0.0697. The molecule has 1 aliphatic rings. The maximum absolute atomic E-state index is 13.4. The van der Waals surface area contributed by atoms with E-state index in [0.717, 1.165) is 45.3 Å². The van der Waals surface area contributed by atoms with Gasteiger partial charge in [0.1, 0.15) is 6.61 Å². The highest BCUT2D eigenvalue weighted by atomic mass is 16.6. The zero-order valence-corrected chi connectivity index (χ0v) is 26.9. The van der Waals surface area contributed by atoms with E-state index < -0.39 is 5.97 Å². The molecule has 2 N–H and O–H groups in total. The molecule has 6 rings (SSSR count). The molecular formula is C39H39N3O5. The number of benzene rings is 4. The monoisotopic (exact) mass is 629 g/mol. The van der Waals surface area contributed by atoms with E-state index in [1.165, 1.54) is 0 Å². The van der Waals surface area contributed by atoms with Crippen LogP contribution in [0, 0.1) is 19.8 Å². The molecule has 47 heavy (non-hydrogen) atoms. The van der Waals surface area contributed by atoms with Gasteiger partial charge in [0.05, 0.1) is 5.56 Å². The first-order valence-electron chi connectivity index (χ1n) is 16.0. The molecule has 1 saturated heterocycles. The zero-order valence-electron chi connectivity index (χ0n) is 26.9. The van der Waals surface area contributed by atoms with Crippen molar-refractivity contribution in [3.63, 3.8) is 0 Å². The quantitative estimate of drug-likeness (QED) is 0.176. The Balaban J connectivity index is 1.10. The van der Waals surface area contributed by atoms with Crippen molar-refractivity contribution in [3.8, 4) is 11.1 Å². The summed E-state index contributed by atoms with van der Waals surface area (Å²) >= 11 is 0. The summed E-state index contributed by atoms with van der Waals surface area (Å²) < 4.78 is 7.75. The van der Waals surface area contributed by atoms with Gasteiger partial charge >= 0.3 is 12.1 Å². The summed E-state index contributed by atoms with van der Waals surface area (Å²) in [5.74, 6) is -0.938. The molecule has 1 aromatic heterocycles. The van der Waals surface area contributed by atoms with Crippen molar-refractivity contribution in [2.24, 2.45) is 5.92 Å². The van der Waals surface area contributed by atoms with E-state index >= 15 is 0 Å². The smallest absolute Gasteiger partial charge is 0.410 e. The molecule has 2 unspecified atom stereocenters. The predicted molar refractivity (Wildman–Crippen MR) is 183 cm³/mol. The lowest BCUT2D eigenvalue weighted by atomic mass is 9.99. The Kier molecular flexibility index (Phi) is 9.11. The molecule has 0 radical (unpaired) electrons. The number of nitrogens with one attached hydrogen (secondary N) is 1. The van der Waals surface area contributed by atoms with Crippen LogP contribution < -0.4 is 5.32 Å². The second-order valence-corrected chi connectivity index (χ2v) is 12.4. The highest BCUT2D eigenvalue weighted by molar-refractivity contribution is 5.99. The van der Waals surface area contributed by atoms with Crippen LogP contribution in [0.3, 0.4) is 0 Å². The summed E-state index contributed by atoms with van der Waals surface area (Å²) in [4.78, 5) is 39.4. The number of aryl methyl sites for hydroxylation is 1. The summed E-state index contributed by atoms with van der Waals surface area (Å²) in [6.07, 6.45) is 0.477. The van der Waals surface area contributed by atoms with Crippen LogP contribution in [0.1, 0.15) is 56.4 Å². The molecule has 0 saturated carbocycles. The van der Waals surface area contributed by atoms with Gasteiger partial charge < -0.3 is 24.6 Å². The Bertz CT molecular complexity index is 1930. The molecule has 8 heteroatoms. The van der Waals surface area contributed by atoms with Gasteiger partial charge in [-0.1, -0.05) is 72.8 Å². The Morgan fingerprint density at radius 1 is 0.915 bits per heavy atom. The average molecular weight is 630 g/mol. The fraction of sp³-hybridized carbons (Fsp3) is 0.256. The summed E-state index contributed by atoms with van der Waals surface area (Å²) in [6, 6.07) is 30.4. The SMILES string of the molecule is Cc1c(C)n(Cc2ccc(-c3ccccc3C(=O)O)cc2)c2ccc(C(=O)NC(C)C3CCN(C(=O)OCc4ccccc4)C3)cc12. The topological polar surface area (TPSA) is 101 Å². The maximum atomic E-state index is 13.4. The van der Waals surface area contributed by atoms with Crippen molar-refractivity contribution < 1.29 is 24.2 Å². The number of aromatic nitrogens is 1. The van der Waals surface area contributed by atoms with Gasteiger partial charge in [-0.15, -0.1) is 0 Å². The highest BCUT2D eigenvalue weighted by Gasteiger charge is 2.31. The third kappa shape index (κ3) is 6.77. The fourth-order valence-electron chi connectivity index (χ4n) is 6.47. The normalized spacial score (nSPS) is 15.0. The molecule has 0 bridgehead atoms. The number of carbonyl (C=O) groups is 3.